The lowest BCUT2D eigenvalue weighted by molar-refractivity contribution is 0.378. The average Bonchev–Trinajstić information content (AvgIpc) is 2.53. The van der Waals surface area contributed by atoms with Gasteiger partial charge in [-0.3, -0.25) is 0 Å². The van der Waals surface area contributed by atoms with Crippen molar-refractivity contribution in [3.8, 4) is 0 Å². The molecule has 0 aliphatic heterocycles. The van der Waals surface area contributed by atoms with Crippen LogP contribution in [0.3, 0.4) is 0 Å². The van der Waals surface area contributed by atoms with Gasteiger partial charge in [-0.1, -0.05) is 87.4 Å². The summed E-state index contributed by atoms with van der Waals surface area (Å²) in [7, 11) is 0. The molecular weight excluding hydrogens is 240 g/mol. The van der Waals surface area contributed by atoms with Gasteiger partial charge in [-0.05, 0) is 35.8 Å². The number of aryl methyl sites for hydroxylation is 1. The van der Waals surface area contributed by atoms with Crippen molar-refractivity contribution in [3.63, 3.8) is 0 Å². The molecule has 2 aromatic rings. The molecule has 0 aliphatic rings. The third-order valence-electron chi connectivity index (χ3n) is 4.43. The first kappa shape index (κ1) is 14.8. The van der Waals surface area contributed by atoms with Gasteiger partial charge >= 0.3 is 0 Å². The standard InChI is InChI=1S/C20H26/c1-3-18(4-2)20(19-13-9-6-10-14-19)16-15-17-11-7-5-8-12-17/h5-14,18,20H,3-4,15-16H2,1-2H3. The molecule has 106 valence electrons. The van der Waals surface area contributed by atoms with Gasteiger partial charge in [-0.25, -0.2) is 0 Å². The van der Waals surface area contributed by atoms with E-state index in [-0.39, 0.29) is 0 Å². The maximum Gasteiger partial charge on any atom is -0.0131 e. The Bertz CT molecular complexity index is 468. The van der Waals surface area contributed by atoms with E-state index in [1.165, 1.54) is 36.8 Å². The van der Waals surface area contributed by atoms with Crippen LogP contribution in [0.25, 0.3) is 0 Å². The number of rotatable bonds is 7. The van der Waals surface area contributed by atoms with E-state index in [0.717, 1.165) is 5.92 Å². The molecule has 0 heteroatoms. The van der Waals surface area contributed by atoms with Crippen molar-refractivity contribution in [3.05, 3.63) is 71.8 Å². The lowest BCUT2D eigenvalue weighted by Crippen LogP contribution is -2.13. The van der Waals surface area contributed by atoms with Gasteiger partial charge in [0.15, 0.2) is 0 Å². The summed E-state index contributed by atoms with van der Waals surface area (Å²) in [4.78, 5) is 0. The quantitative estimate of drug-likeness (QED) is 0.590. The van der Waals surface area contributed by atoms with Gasteiger partial charge in [0.1, 0.15) is 0 Å². The lowest BCUT2D eigenvalue weighted by atomic mass is 9.79. The van der Waals surface area contributed by atoms with E-state index in [4.69, 9.17) is 0 Å². The minimum atomic E-state index is 0.686. The summed E-state index contributed by atoms with van der Waals surface area (Å²) >= 11 is 0. The van der Waals surface area contributed by atoms with Gasteiger partial charge in [0, 0.05) is 0 Å². The van der Waals surface area contributed by atoms with Crippen molar-refractivity contribution in [2.75, 3.05) is 0 Å². The highest BCUT2D eigenvalue weighted by molar-refractivity contribution is 5.22. The molecule has 2 rings (SSSR count). The van der Waals surface area contributed by atoms with E-state index in [1.807, 2.05) is 0 Å². The van der Waals surface area contributed by atoms with Crippen LogP contribution in [0, 0.1) is 5.92 Å². The summed E-state index contributed by atoms with van der Waals surface area (Å²) < 4.78 is 0. The van der Waals surface area contributed by atoms with Gasteiger partial charge < -0.3 is 0 Å². The minimum Gasteiger partial charge on any atom is -0.0651 e. The molecule has 0 spiro atoms. The molecule has 1 atom stereocenters. The lowest BCUT2D eigenvalue weighted by Gasteiger charge is -2.26. The van der Waals surface area contributed by atoms with Crippen LogP contribution in [-0.4, -0.2) is 0 Å². The Morgan fingerprint density at radius 2 is 1.30 bits per heavy atom. The normalized spacial score (nSPS) is 12.6. The predicted octanol–water partition coefficient (Wildman–Crippen LogP) is 5.84. The van der Waals surface area contributed by atoms with E-state index < -0.39 is 0 Å². The average molecular weight is 266 g/mol. The fourth-order valence-corrected chi connectivity index (χ4v) is 3.20. The van der Waals surface area contributed by atoms with Gasteiger partial charge in [0.25, 0.3) is 0 Å². The summed E-state index contributed by atoms with van der Waals surface area (Å²) in [6.45, 7) is 4.65. The molecule has 0 aliphatic carbocycles. The second kappa shape index (κ2) is 7.89. The molecule has 0 fully saturated rings. The monoisotopic (exact) mass is 266 g/mol. The Balaban J connectivity index is 2.11. The van der Waals surface area contributed by atoms with Crippen LogP contribution >= 0.6 is 0 Å². The first-order chi connectivity index (χ1) is 9.85. The van der Waals surface area contributed by atoms with E-state index in [1.54, 1.807) is 0 Å². The second-order valence-electron chi connectivity index (χ2n) is 5.62. The molecule has 20 heavy (non-hydrogen) atoms. The molecule has 0 aromatic heterocycles. The highest BCUT2D eigenvalue weighted by atomic mass is 14.2. The Morgan fingerprint density at radius 1 is 0.750 bits per heavy atom. The Labute approximate surface area is 123 Å². The van der Waals surface area contributed by atoms with Gasteiger partial charge in [0.2, 0.25) is 0 Å². The zero-order chi connectivity index (χ0) is 14.2. The van der Waals surface area contributed by atoms with Crippen LogP contribution in [0.15, 0.2) is 60.7 Å². The number of hydrogen-bond acceptors (Lipinski definition) is 0. The first-order valence-corrected chi connectivity index (χ1v) is 7.94. The summed E-state index contributed by atoms with van der Waals surface area (Å²) in [6.07, 6.45) is 4.97. The third kappa shape index (κ3) is 3.96. The van der Waals surface area contributed by atoms with E-state index in [9.17, 15) is 0 Å². The van der Waals surface area contributed by atoms with Crippen LogP contribution in [0.2, 0.25) is 0 Å². The molecule has 0 bridgehead atoms. The molecule has 0 N–H and O–H groups in total. The van der Waals surface area contributed by atoms with Crippen LogP contribution in [0.1, 0.15) is 50.2 Å². The van der Waals surface area contributed by atoms with Crippen molar-refractivity contribution in [2.45, 2.75) is 45.4 Å². The van der Waals surface area contributed by atoms with E-state index in [2.05, 4.69) is 74.5 Å². The van der Waals surface area contributed by atoms with Crippen LogP contribution in [0.5, 0.6) is 0 Å². The number of hydrogen-bond donors (Lipinski definition) is 0. The smallest absolute Gasteiger partial charge is 0.0131 e. The van der Waals surface area contributed by atoms with E-state index in [0.29, 0.717) is 5.92 Å². The van der Waals surface area contributed by atoms with Crippen LogP contribution in [-0.2, 0) is 6.42 Å². The predicted molar refractivity (Wildman–Crippen MR) is 88.0 cm³/mol. The maximum absolute atomic E-state index is 2.33. The Kier molecular flexibility index (Phi) is 5.86. The molecule has 0 amide bonds. The molecule has 2 aromatic carbocycles. The van der Waals surface area contributed by atoms with Crippen molar-refractivity contribution in [1.82, 2.24) is 0 Å². The van der Waals surface area contributed by atoms with E-state index >= 15 is 0 Å². The SMILES string of the molecule is CCC(CC)C(CCc1ccccc1)c1ccccc1. The third-order valence-corrected chi connectivity index (χ3v) is 4.43. The molecule has 0 nitrogen and oxygen atoms in total. The summed E-state index contributed by atoms with van der Waals surface area (Å²) in [5.41, 5.74) is 2.97. The Hall–Kier alpha value is -1.56. The highest BCUT2D eigenvalue weighted by Gasteiger charge is 2.19. The summed E-state index contributed by atoms with van der Waals surface area (Å²) in [6, 6.07) is 21.9. The largest absolute Gasteiger partial charge is 0.0651 e. The zero-order valence-electron chi connectivity index (χ0n) is 12.8. The molecule has 1 unspecified atom stereocenters. The van der Waals surface area contributed by atoms with Crippen LogP contribution in [0.4, 0.5) is 0 Å². The second-order valence-corrected chi connectivity index (χ2v) is 5.62. The summed E-state index contributed by atoms with van der Waals surface area (Å²) in [5, 5.41) is 0. The molecule has 0 radical (unpaired) electrons. The van der Waals surface area contributed by atoms with Gasteiger partial charge in [0.05, 0.1) is 0 Å². The molecule has 0 saturated heterocycles. The van der Waals surface area contributed by atoms with Crippen molar-refractivity contribution in [2.24, 2.45) is 5.92 Å². The van der Waals surface area contributed by atoms with Crippen molar-refractivity contribution >= 4 is 0 Å². The van der Waals surface area contributed by atoms with Crippen molar-refractivity contribution < 1.29 is 0 Å². The first-order valence-electron chi connectivity index (χ1n) is 7.94. The number of benzene rings is 2. The molecule has 0 heterocycles. The minimum absolute atomic E-state index is 0.686. The van der Waals surface area contributed by atoms with Gasteiger partial charge in [-0.2, -0.15) is 0 Å². The van der Waals surface area contributed by atoms with Crippen LogP contribution < -0.4 is 0 Å². The van der Waals surface area contributed by atoms with Crippen molar-refractivity contribution in [1.29, 1.82) is 0 Å². The fourth-order valence-electron chi connectivity index (χ4n) is 3.20. The fraction of sp³-hybridized carbons (Fsp3) is 0.400. The molecular formula is C20H26. The zero-order valence-corrected chi connectivity index (χ0v) is 12.8. The molecule has 0 saturated carbocycles. The maximum atomic E-state index is 2.33. The topological polar surface area (TPSA) is 0 Å². The summed E-state index contributed by atoms with van der Waals surface area (Å²) in [5.74, 6) is 1.48. The Morgan fingerprint density at radius 3 is 1.85 bits per heavy atom. The van der Waals surface area contributed by atoms with Gasteiger partial charge in [-0.15, -0.1) is 0 Å². The highest BCUT2D eigenvalue weighted by Crippen LogP contribution is 2.33.